The molecular formula is C20H24N4O5. The molecule has 1 aliphatic heterocycles. The van der Waals surface area contributed by atoms with Gasteiger partial charge in [-0.2, -0.15) is 4.98 Å². The smallest absolute Gasteiger partial charge is 0.326 e. The lowest BCUT2D eigenvalue weighted by Crippen LogP contribution is -2.32. The highest BCUT2D eigenvalue weighted by Crippen LogP contribution is 2.20. The van der Waals surface area contributed by atoms with E-state index in [0.717, 1.165) is 10.5 Å². The minimum Gasteiger partial charge on any atom is -0.456 e. The molecule has 0 N–H and O–H groups in total. The first-order valence-electron chi connectivity index (χ1n) is 9.49. The Hall–Kier alpha value is -3.23. The minimum atomic E-state index is -0.460. The first-order chi connectivity index (χ1) is 13.8. The van der Waals surface area contributed by atoms with Gasteiger partial charge < -0.3 is 14.2 Å². The Morgan fingerprint density at radius 3 is 2.59 bits per heavy atom. The van der Waals surface area contributed by atoms with E-state index in [4.69, 9.17) is 9.26 Å². The van der Waals surface area contributed by atoms with Crippen LogP contribution in [0, 0.1) is 0 Å². The zero-order chi connectivity index (χ0) is 21.0. The lowest BCUT2D eigenvalue weighted by molar-refractivity contribution is -0.146. The van der Waals surface area contributed by atoms with E-state index in [-0.39, 0.29) is 43.9 Å². The number of hydrogen-bond donors (Lipinski definition) is 0. The molecule has 1 aromatic carbocycles. The van der Waals surface area contributed by atoms with Crippen LogP contribution in [0.2, 0.25) is 0 Å². The summed E-state index contributed by atoms with van der Waals surface area (Å²) in [5.41, 5.74) is 2.04. The van der Waals surface area contributed by atoms with Gasteiger partial charge in [0.15, 0.2) is 6.61 Å². The van der Waals surface area contributed by atoms with Gasteiger partial charge in [0, 0.05) is 25.6 Å². The molecule has 2 heterocycles. The van der Waals surface area contributed by atoms with Gasteiger partial charge in [-0.1, -0.05) is 43.3 Å². The summed E-state index contributed by atoms with van der Waals surface area (Å²) >= 11 is 0. The topological polar surface area (TPSA) is 106 Å². The van der Waals surface area contributed by atoms with Crippen LogP contribution in [-0.4, -0.2) is 58.0 Å². The largest absolute Gasteiger partial charge is 0.456 e. The van der Waals surface area contributed by atoms with Gasteiger partial charge >= 0.3 is 12.0 Å². The van der Waals surface area contributed by atoms with Crippen molar-refractivity contribution in [1.82, 2.24) is 19.9 Å². The molecule has 0 atom stereocenters. The number of amides is 3. The van der Waals surface area contributed by atoms with Crippen LogP contribution in [0.15, 0.2) is 28.8 Å². The number of esters is 1. The van der Waals surface area contributed by atoms with E-state index in [0.29, 0.717) is 18.2 Å². The molecular weight excluding hydrogens is 376 g/mol. The lowest BCUT2D eigenvalue weighted by atomic mass is 10.0. The summed E-state index contributed by atoms with van der Waals surface area (Å²) in [6.45, 7) is 4.38. The van der Waals surface area contributed by atoms with Crippen LogP contribution in [0.5, 0.6) is 0 Å². The molecule has 3 rings (SSSR count). The summed E-state index contributed by atoms with van der Waals surface area (Å²) in [5.74, 6) is 0.352. The van der Waals surface area contributed by atoms with Crippen molar-refractivity contribution in [3.05, 3.63) is 35.7 Å². The van der Waals surface area contributed by atoms with Crippen LogP contribution in [0.1, 0.15) is 44.1 Å². The van der Waals surface area contributed by atoms with Crippen molar-refractivity contribution in [2.75, 3.05) is 20.1 Å². The maximum absolute atomic E-state index is 11.9. The van der Waals surface area contributed by atoms with Gasteiger partial charge in [-0.3, -0.25) is 14.5 Å². The van der Waals surface area contributed by atoms with Gasteiger partial charge in [0.1, 0.15) is 6.54 Å². The SMILES string of the molecule is CC(C)c1ccc(-c2noc(COC(=O)CCCN3C(=O)CN(C)C3=O)n2)cc1. The van der Waals surface area contributed by atoms with Gasteiger partial charge in [0.25, 0.3) is 5.89 Å². The summed E-state index contributed by atoms with van der Waals surface area (Å²) in [4.78, 5) is 42.0. The van der Waals surface area contributed by atoms with Crippen molar-refractivity contribution in [1.29, 1.82) is 0 Å². The molecule has 0 spiro atoms. The second kappa shape index (κ2) is 8.85. The second-order valence-corrected chi connectivity index (χ2v) is 7.24. The van der Waals surface area contributed by atoms with E-state index in [1.165, 1.54) is 10.5 Å². The maximum Gasteiger partial charge on any atom is 0.326 e. The van der Waals surface area contributed by atoms with Crippen molar-refractivity contribution >= 4 is 17.9 Å². The number of imide groups is 1. The minimum absolute atomic E-state index is 0.0724. The molecule has 0 bridgehead atoms. The van der Waals surface area contributed by atoms with E-state index in [1.54, 1.807) is 7.05 Å². The highest BCUT2D eigenvalue weighted by molar-refractivity contribution is 6.01. The monoisotopic (exact) mass is 400 g/mol. The number of urea groups is 1. The number of nitrogens with zero attached hydrogens (tertiary/aromatic N) is 4. The Morgan fingerprint density at radius 2 is 1.97 bits per heavy atom. The summed E-state index contributed by atoms with van der Waals surface area (Å²) in [6, 6.07) is 7.54. The highest BCUT2D eigenvalue weighted by atomic mass is 16.6. The van der Waals surface area contributed by atoms with Crippen molar-refractivity contribution in [3.8, 4) is 11.4 Å². The van der Waals surface area contributed by atoms with Crippen LogP contribution in [0.25, 0.3) is 11.4 Å². The van der Waals surface area contributed by atoms with Gasteiger partial charge in [0.2, 0.25) is 11.7 Å². The number of aromatic nitrogens is 2. The number of ether oxygens (including phenoxy) is 1. The van der Waals surface area contributed by atoms with Crippen molar-refractivity contribution in [3.63, 3.8) is 0 Å². The molecule has 1 fully saturated rings. The van der Waals surface area contributed by atoms with Crippen LogP contribution in [-0.2, 0) is 20.9 Å². The number of hydrogen-bond acceptors (Lipinski definition) is 7. The van der Waals surface area contributed by atoms with Crippen molar-refractivity contribution < 1.29 is 23.6 Å². The van der Waals surface area contributed by atoms with Crippen molar-refractivity contribution in [2.45, 2.75) is 39.2 Å². The van der Waals surface area contributed by atoms with E-state index >= 15 is 0 Å². The Kier molecular flexibility index (Phi) is 6.26. The molecule has 0 saturated carbocycles. The van der Waals surface area contributed by atoms with Gasteiger partial charge in [-0.25, -0.2) is 4.79 Å². The lowest BCUT2D eigenvalue weighted by Gasteiger charge is -2.13. The molecule has 1 aromatic heterocycles. The summed E-state index contributed by atoms with van der Waals surface area (Å²) in [6.07, 6.45) is 0.417. The van der Waals surface area contributed by atoms with E-state index in [9.17, 15) is 14.4 Å². The Bertz CT molecular complexity index is 891. The van der Waals surface area contributed by atoms with E-state index in [2.05, 4.69) is 24.0 Å². The Morgan fingerprint density at radius 1 is 1.24 bits per heavy atom. The fraction of sp³-hybridized carbons (Fsp3) is 0.450. The summed E-state index contributed by atoms with van der Waals surface area (Å²) < 4.78 is 10.3. The van der Waals surface area contributed by atoms with Crippen LogP contribution in [0.4, 0.5) is 4.79 Å². The quantitative estimate of drug-likeness (QED) is 0.495. The zero-order valence-electron chi connectivity index (χ0n) is 16.8. The normalized spacial score (nSPS) is 14.2. The summed E-state index contributed by atoms with van der Waals surface area (Å²) in [5, 5.41) is 3.91. The first kappa shape index (κ1) is 20.5. The average molecular weight is 400 g/mol. The number of likely N-dealkylation sites (N-methyl/N-ethyl adjacent to an activating group) is 1. The molecule has 29 heavy (non-hydrogen) atoms. The third-order valence-electron chi connectivity index (χ3n) is 4.65. The van der Waals surface area contributed by atoms with E-state index in [1.807, 2.05) is 24.3 Å². The highest BCUT2D eigenvalue weighted by Gasteiger charge is 2.32. The molecule has 154 valence electrons. The van der Waals surface area contributed by atoms with E-state index < -0.39 is 5.97 Å². The maximum atomic E-state index is 11.9. The third-order valence-corrected chi connectivity index (χ3v) is 4.65. The number of carbonyl (C=O) groups excluding carboxylic acids is 3. The standard InChI is InChI=1S/C20H24N4O5/c1-13(2)14-6-8-15(9-7-14)19-21-16(29-22-19)12-28-18(26)5-4-10-24-17(25)11-23(3)20(24)27/h6-9,13H,4-5,10-12H2,1-3H3. The Balaban J connectivity index is 1.44. The molecule has 9 nitrogen and oxygen atoms in total. The molecule has 1 saturated heterocycles. The van der Waals surface area contributed by atoms with Crippen LogP contribution in [0.3, 0.4) is 0 Å². The molecule has 3 amide bonds. The Labute approximate surface area is 168 Å². The molecule has 1 aliphatic rings. The first-order valence-corrected chi connectivity index (χ1v) is 9.49. The zero-order valence-corrected chi connectivity index (χ0v) is 16.8. The predicted molar refractivity (Wildman–Crippen MR) is 103 cm³/mol. The number of benzene rings is 1. The molecule has 0 aliphatic carbocycles. The number of carbonyl (C=O) groups is 3. The second-order valence-electron chi connectivity index (χ2n) is 7.24. The van der Waals surface area contributed by atoms with Gasteiger partial charge in [-0.05, 0) is 17.9 Å². The van der Waals surface area contributed by atoms with Crippen LogP contribution < -0.4 is 0 Å². The molecule has 9 heteroatoms. The van der Waals surface area contributed by atoms with Crippen LogP contribution >= 0.6 is 0 Å². The fourth-order valence-electron chi connectivity index (χ4n) is 2.93. The predicted octanol–water partition coefficient (Wildman–Crippen LogP) is 2.58. The molecule has 0 radical (unpaired) electrons. The van der Waals surface area contributed by atoms with Crippen molar-refractivity contribution in [2.24, 2.45) is 0 Å². The molecule has 2 aromatic rings. The van der Waals surface area contributed by atoms with Gasteiger partial charge in [-0.15, -0.1) is 0 Å². The summed E-state index contributed by atoms with van der Waals surface area (Å²) in [7, 11) is 1.56. The third kappa shape index (κ3) is 4.98. The average Bonchev–Trinajstić information content (AvgIpc) is 3.26. The fourth-order valence-corrected chi connectivity index (χ4v) is 2.93. The van der Waals surface area contributed by atoms with Gasteiger partial charge in [0.05, 0.1) is 0 Å². The molecule has 0 unspecified atom stereocenters. The number of rotatable bonds is 8.